The molecule has 1 amide bonds. The number of nitrogens with zero attached hydrogens (tertiary/aromatic N) is 1. The van der Waals surface area contributed by atoms with Gasteiger partial charge >= 0.3 is 0 Å². The summed E-state index contributed by atoms with van der Waals surface area (Å²) in [5.41, 5.74) is 1.01. The molecule has 7 nitrogen and oxygen atoms in total. The maximum absolute atomic E-state index is 11.5. The van der Waals surface area contributed by atoms with E-state index in [2.05, 4.69) is 20.9 Å². The third-order valence-electron chi connectivity index (χ3n) is 2.99. The van der Waals surface area contributed by atoms with Crippen LogP contribution < -0.4 is 25.4 Å². The Labute approximate surface area is 130 Å². The van der Waals surface area contributed by atoms with Gasteiger partial charge in [-0.2, -0.15) is 0 Å². The van der Waals surface area contributed by atoms with Crippen molar-refractivity contribution in [2.75, 3.05) is 26.4 Å². The number of rotatable bonds is 6. The molecule has 3 N–H and O–H groups in total. The van der Waals surface area contributed by atoms with Crippen LogP contribution in [0.15, 0.2) is 23.2 Å². The van der Waals surface area contributed by atoms with Crippen molar-refractivity contribution < 1.29 is 14.3 Å². The van der Waals surface area contributed by atoms with Crippen molar-refractivity contribution in [3.8, 4) is 11.5 Å². The first-order chi connectivity index (χ1) is 10.7. The van der Waals surface area contributed by atoms with Gasteiger partial charge in [-0.15, -0.1) is 0 Å². The van der Waals surface area contributed by atoms with Crippen LogP contribution >= 0.6 is 0 Å². The molecule has 22 heavy (non-hydrogen) atoms. The Morgan fingerprint density at radius 2 is 1.91 bits per heavy atom. The molecule has 1 aromatic carbocycles. The van der Waals surface area contributed by atoms with Gasteiger partial charge in [0.25, 0.3) is 0 Å². The van der Waals surface area contributed by atoms with Crippen LogP contribution in [0.2, 0.25) is 0 Å². The van der Waals surface area contributed by atoms with E-state index in [1.54, 1.807) is 0 Å². The zero-order valence-electron chi connectivity index (χ0n) is 12.9. The SMILES string of the molecule is CCNC(=O)CNC(=NCc1ccc2c(c1)OCO2)NCC. The molecule has 7 heteroatoms. The molecule has 1 aromatic rings. The summed E-state index contributed by atoms with van der Waals surface area (Å²) in [5.74, 6) is 2.05. The Morgan fingerprint density at radius 3 is 2.68 bits per heavy atom. The van der Waals surface area contributed by atoms with E-state index in [4.69, 9.17) is 9.47 Å². The number of carbonyl (C=O) groups excluding carboxylic acids is 1. The van der Waals surface area contributed by atoms with E-state index in [0.717, 1.165) is 23.6 Å². The van der Waals surface area contributed by atoms with Gasteiger partial charge in [-0.05, 0) is 31.5 Å². The van der Waals surface area contributed by atoms with Crippen LogP contribution in [-0.4, -0.2) is 38.3 Å². The van der Waals surface area contributed by atoms with Gasteiger partial charge in [0, 0.05) is 13.1 Å². The maximum Gasteiger partial charge on any atom is 0.239 e. The summed E-state index contributed by atoms with van der Waals surface area (Å²) in [5, 5.41) is 8.83. The first-order valence-electron chi connectivity index (χ1n) is 7.40. The minimum absolute atomic E-state index is 0.0591. The molecule has 0 saturated heterocycles. The van der Waals surface area contributed by atoms with Crippen LogP contribution in [0.5, 0.6) is 11.5 Å². The van der Waals surface area contributed by atoms with Crippen LogP contribution in [0, 0.1) is 0 Å². The van der Waals surface area contributed by atoms with Crippen molar-refractivity contribution >= 4 is 11.9 Å². The molecule has 0 unspecified atom stereocenters. The van der Waals surface area contributed by atoms with E-state index in [-0.39, 0.29) is 19.2 Å². The Hall–Kier alpha value is -2.44. The van der Waals surface area contributed by atoms with E-state index in [1.807, 2.05) is 32.0 Å². The van der Waals surface area contributed by atoms with Gasteiger partial charge in [0.15, 0.2) is 17.5 Å². The first-order valence-corrected chi connectivity index (χ1v) is 7.40. The van der Waals surface area contributed by atoms with Gasteiger partial charge in [-0.3, -0.25) is 4.79 Å². The highest BCUT2D eigenvalue weighted by atomic mass is 16.7. The molecule has 0 bridgehead atoms. The number of ether oxygens (including phenoxy) is 2. The molecule has 0 atom stereocenters. The normalized spacial score (nSPS) is 12.9. The lowest BCUT2D eigenvalue weighted by molar-refractivity contribution is -0.119. The first kappa shape index (κ1) is 15.9. The number of carbonyl (C=O) groups is 1. The zero-order valence-corrected chi connectivity index (χ0v) is 12.9. The molecule has 0 radical (unpaired) electrons. The van der Waals surface area contributed by atoms with E-state index in [1.165, 1.54) is 0 Å². The molecule has 0 aromatic heterocycles. The highest BCUT2D eigenvalue weighted by molar-refractivity contribution is 5.86. The minimum atomic E-state index is -0.0591. The Bertz CT molecular complexity index is 546. The average Bonchev–Trinajstić information content (AvgIpc) is 2.98. The summed E-state index contributed by atoms with van der Waals surface area (Å²) < 4.78 is 10.6. The molecule has 1 heterocycles. The topological polar surface area (TPSA) is 84.0 Å². The third-order valence-corrected chi connectivity index (χ3v) is 2.99. The number of aliphatic imine (C=N–C) groups is 1. The number of fused-ring (bicyclic) bond motifs is 1. The lowest BCUT2D eigenvalue weighted by Crippen LogP contribution is -2.43. The fraction of sp³-hybridized carbons (Fsp3) is 0.467. The lowest BCUT2D eigenvalue weighted by atomic mass is 10.2. The number of benzene rings is 1. The molecule has 0 fully saturated rings. The Morgan fingerprint density at radius 1 is 1.14 bits per heavy atom. The number of nitrogens with one attached hydrogen (secondary N) is 3. The molecular weight excluding hydrogens is 284 g/mol. The highest BCUT2D eigenvalue weighted by Gasteiger charge is 2.13. The second kappa shape index (κ2) is 8.11. The summed E-state index contributed by atoms with van der Waals surface area (Å²) >= 11 is 0. The van der Waals surface area contributed by atoms with Crippen LogP contribution in [0.3, 0.4) is 0 Å². The van der Waals surface area contributed by atoms with Crippen LogP contribution in [-0.2, 0) is 11.3 Å². The standard InChI is InChI=1S/C15H22N4O3/c1-3-16-14(20)9-19-15(17-4-2)18-8-11-5-6-12-13(7-11)22-10-21-12/h5-7H,3-4,8-10H2,1-2H3,(H,16,20)(H2,17,18,19). The average molecular weight is 306 g/mol. The van der Waals surface area contributed by atoms with Crippen molar-refractivity contribution in [2.24, 2.45) is 4.99 Å². The second-order valence-corrected chi connectivity index (χ2v) is 4.69. The third kappa shape index (κ3) is 4.54. The smallest absolute Gasteiger partial charge is 0.239 e. The van der Waals surface area contributed by atoms with Gasteiger partial charge in [0.2, 0.25) is 12.7 Å². The van der Waals surface area contributed by atoms with Crippen molar-refractivity contribution in [1.29, 1.82) is 0 Å². The van der Waals surface area contributed by atoms with Crippen LogP contribution in [0.4, 0.5) is 0 Å². The molecule has 1 aliphatic rings. The molecular formula is C15H22N4O3. The van der Waals surface area contributed by atoms with Gasteiger partial charge in [-0.1, -0.05) is 6.07 Å². The van der Waals surface area contributed by atoms with Crippen LogP contribution in [0.1, 0.15) is 19.4 Å². The molecule has 0 aliphatic carbocycles. The molecule has 120 valence electrons. The Kier molecular flexibility index (Phi) is 5.88. The summed E-state index contributed by atoms with van der Waals surface area (Å²) in [6.07, 6.45) is 0. The van der Waals surface area contributed by atoms with Crippen molar-refractivity contribution in [2.45, 2.75) is 20.4 Å². The van der Waals surface area contributed by atoms with Crippen molar-refractivity contribution in [3.63, 3.8) is 0 Å². The van der Waals surface area contributed by atoms with Gasteiger partial charge < -0.3 is 25.4 Å². The van der Waals surface area contributed by atoms with Gasteiger partial charge in [0.05, 0.1) is 13.1 Å². The number of likely N-dealkylation sites (N-methyl/N-ethyl adjacent to an activating group) is 1. The summed E-state index contributed by atoms with van der Waals surface area (Å²) in [6, 6.07) is 5.74. The fourth-order valence-corrected chi connectivity index (χ4v) is 1.98. The number of hydrogen-bond donors (Lipinski definition) is 3. The quantitative estimate of drug-likeness (QED) is 0.530. The fourth-order valence-electron chi connectivity index (χ4n) is 1.98. The minimum Gasteiger partial charge on any atom is -0.454 e. The molecule has 2 rings (SSSR count). The predicted molar refractivity (Wildman–Crippen MR) is 84.1 cm³/mol. The molecule has 1 aliphatic heterocycles. The molecule has 0 saturated carbocycles. The van der Waals surface area contributed by atoms with Crippen molar-refractivity contribution in [1.82, 2.24) is 16.0 Å². The molecule has 0 spiro atoms. The van der Waals surface area contributed by atoms with E-state index < -0.39 is 0 Å². The monoisotopic (exact) mass is 306 g/mol. The summed E-state index contributed by atoms with van der Waals surface area (Å²) in [4.78, 5) is 15.9. The number of hydrogen-bond acceptors (Lipinski definition) is 4. The number of guanidine groups is 1. The van der Waals surface area contributed by atoms with Crippen molar-refractivity contribution in [3.05, 3.63) is 23.8 Å². The maximum atomic E-state index is 11.5. The zero-order chi connectivity index (χ0) is 15.8. The number of amides is 1. The van der Waals surface area contributed by atoms with Crippen LogP contribution in [0.25, 0.3) is 0 Å². The predicted octanol–water partition coefficient (Wildman–Crippen LogP) is 0.606. The Balaban J connectivity index is 1.93. The van der Waals surface area contributed by atoms with E-state index in [9.17, 15) is 4.79 Å². The highest BCUT2D eigenvalue weighted by Crippen LogP contribution is 2.32. The lowest BCUT2D eigenvalue weighted by Gasteiger charge is -2.11. The van der Waals surface area contributed by atoms with E-state index in [0.29, 0.717) is 19.0 Å². The largest absolute Gasteiger partial charge is 0.454 e. The van der Waals surface area contributed by atoms with Gasteiger partial charge in [0.1, 0.15) is 0 Å². The summed E-state index contributed by atoms with van der Waals surface area (Å²) in [6.45, 7) is 6.15. The van der Waals surface area contributed by atoms with Gasteiger partial charge in [-0.25, -0.2) is 4.99 Å². The summed E-state index contributed by atoms with van der Waals surface area (Å²) in [7, 11) is 0. The van der Waals surface area contributed by atoms with E-state index >= 15 is 0 Å². The second-order valence-electron chi connectivity index (χ2n) is 4.69.